The Morgan fingerprint density at radius 2 is 1.62 bits per heavy atom. The van der Waals surface area contributed by atoms with E-state index in [4.69, 9.17) is 20.6 Å². The highest BCUT2D eigenvalue weighted by atomic mass is 16.5. The Hall–Kier alpha value is -2.32. The summed E-state index contributed by atoms with van der Waals surface area (Å²) in [7, 11) is 1.63. The second-order valence-corrected chi connectivity index (χ2v) is 6.03. The molecule has 2 aromatic carbocycles. The third-order valence-corrected chi connectivity index (χ3v) is 4.07. The molecule has 0 amide bonds. The van der Waals surface area contributed by atoms with Gasteiger partial charge >= 0.3 is 0 Å². The van der Waals surface area contributed by atoms with Crippen molar-refractivity contribution in [2.45, 2.75) is 25.7 Å². The number of aliphatic hydroxyl groups excluding tert-OH is 1. The molecule has 0 radical (unpaired) electrons. The first-order chi connectivity index (χ1) is 12.7. The summed E-state index contributed by atoms with van der Waals surface area (Å²) in [6, 6.07) is 17.6. The number of methoxy groups -OCH3 is 1. The lowest BCUT2D eigenvalue weighted by Crippen LogP contribution is -2.25. The van der Waals surface area contributed by atoms with Crippen LogP contribution in [0.25, 0.3) is 0 Å². The van der Waals surface area contributed by atoms with Crippen LogP contribution in [0.2, 0.25) is 0 Å². The first kappa shape index (κ1) is 20.0. The molecule has 0 aliphatic heterocycles. The number of ether oxygens (including phenoxy) is 3. The van der Waals surface area contributed by atoms with Gasteiger partial charge in [-0.05, 0) is 29.7 Å². The second-order valence-electron chi connectivity index (χ2n) is 6.03. The molecule has 4 heteroatoms. The molecule has 0 aliphatic rings. The molecule has 0 heterocycles. The molecular formula is C22H26O4. The molecule has 0 aliphatic carbocycles. The number of benzene rings is 2. The van der Waals surface area contributed by atoms with Crippen molar-refractivity contribution < 1.29 is 19.3 Å². The minimum absolute atomic E-state index is 0.308. The highest BCUT2D eigenvalue weighted by Crippen LogP contribution is 2.14. The molecule has 0 bridgehead atoms. The van der Waals surface area contributed by atoms with Gasteiger partial charge in [0.1, 0.15) is 5.75 Å². The van der Waals surface area contributed by atoms with Crippen LogP contribution < -0.4 is 4.74 Å². The van der Waals surface area contributed by atoms with E-state index >= 15 is 0 Å². The Morgan fingerprint density at radius 1 is 0.962 bits per heavy atom. The monoisotopic (exact) mass is 354 g/mol. The zero-order valence-electron chi connectivity index (χ0n) is 15.1. The molecule has 0 unspecified atom stereocenters. The summed E-state index contributed by atoms with van der Waals surface area (Å²) >= 11 is 0. The summed E-state index contributed by atoms with van der Waals surface area (Å²) in [6.45, 7) is 1.73. The van der Waals surface area contributed by atoms with E-state index < -0.39 is 6.10 Å². The molecule has 0 spiro atoms. The molecule has 2 rings (SSSR count). The minimum atomic E-state index is -0.647. The lowest BCUT2D eigenvalue weighted by Gasteiger charge is -2.18. The summed E-state index contributed by atoms with van der Waals surface area (Å²) < 4.78 is 16.4. The van der Waals surface area contributed by atoms with Gasteiger partial charge in [-0.25, -0.2) is 0 Å². The standard InChI is InChI=1S/C22H26O4/c1-3-20(17-26-16-19-9-11-21(24-2)12-10-19)22(23)13-14-25-15-18-7-5-4-6-8-18/h1,4-12,20,22-23H,13-17H2,2H3/t20-,22-/m0/s1. The normalized spacial score (nSPS) is 13.0. The topological polar surface area (TPSA) is 47.9 Å². The maximum absolute atomic E-state index is 10.3. The SMILES string of the molecule is C#C[C@@H](COCc1ccc(OC)cc1)[C@@H](O)CCOCc1ccccc1. The van der Waals surface area contributed by atoms with Crippen molar-refractivity contribution in [1.82, 2.24) is 0 Å². The Bertz CT molecular complexity index is 661. The van der Waals surface area contributed by atoms with E-state index in [1.54, 1.807) is 7.11 Å². The molecule has 0 aromatic heterocycles. The van der Waals surface area contributed by atoms with Crippen LogP contribution in [0, 0.1) is 18.3 Å². The van der Waals surface area contributed by atoms with Crippen molar-refractivity contribution in [2.75, 3.05) is 20.3 Å². The van der Waals surface area contributed by atoms with Gasteiger partial charge in [0.2, 0.25) is 0 Å². The van der Waals surface area contributed by atoms with Gasteiger partial charge in [-0.3, -0.25) is 0 Å². The predicted octanol–water partition coefficient (Wildman–Crippen LogP) is 3.43. The molecule has 0 fully saturated rings. The van der Waals surface area contributed by atoms with Crippen LogP contribution in [0.3, 0.4) is 0 Å². The van der Waals surface area contributed by atoms with Crippen molar-refractivity contribution >= 4 is 0 Å². The smallest absolute Gasteiger partial charge is 0.118 e. The third kappa shape index (κ3) is 6.89. The average Bonchev–Trinajstić information content (AvgIpc) is 2.69. The van der Waals surface area contributed by atoms with Crippen molar-refractivity contribution in [2.24, 2.45) is 5.92 Å². The van der Waals surface area contributed by atoms with Crippen LogP contribution in [-0.4, -0.2) is 31.5 Å². The van der Waals surface area contributed by atoms with Crippen LogP contribution in [0.15, 0.2) is 54.6 Å². The van der Waals surface area contributed by atoms with E-state index in [1.807, 2.05) is 54.6 Å². The van der Waals surface area contributed by atoms with E-state index in [0.717, 1.165) is 16.9 Å². The number of aliphatic hydroxyl groups is 1. The Morgan fingerprint density at radius 3 is 2.27 bits per heavy atom. The second kappa shape index (κ2) is 11.3. The van der Waals surface area contributed by atoms with Gasteiger partial charge in [0.25, 0.3) is 0 Å². The Labute approximate surface area is 155 Å². The quantitative estimate of drug-likeness (QED) is 0.496. The number of hydrogen-bond acceptors (Lipinski definition) is 4. The summed E-state index contributed by atoms with van der Waals surface area (Å²) in [6.07, 6.45) is 5.37. The summed E-state index contributed by atoms with van der Waals surface area (Å²) in [5.41, 5.74) is 2.14. The fourth-order valence-corrected chi connectivity index (χ4v) is 2.47. The number of rotatable bonds is 11. The summed E-state index contributed by atoms with van der Waals surface area (Å²) in [5, 5.41) is 10.3. The summed E-state index contributed by atoms with van der Waals surface area (Å²) in [4.78, 5) is 0. The van der Waals surface area contributed by atoms with Gasteiger partial charge in [-0.15, -0.1) is 6.42 Å². The van der Waals surface area contributed by atoms with Gasteiger partial charge in [0.05, 0.1) is 39.0 Å². The van der Waals surface area contributed by atoms with Crippen LogP contribution >= 0.6 is 0 Å². The predicted molar refractivity (Wildman–Crippen MR) is 102 cm³/mol. The van der Waals surface area contributed by atoms with Crippen LogP contribution in [-0.2, 0) is 22.7 Å². The molecule has 4 nitrogen and oxygen atoms in total. The van der Waals surface area contributed by atoms with E-state index in [2.05, 4.69) is 5.92 Å². The van der Waals surface area contributed by atoms with Crippen molar-refractivity contribution in [3.8, 4) is 18.1 Å². The van der Waals surface area contributed by atoms with Crippen molar-refractivity contribution in [3.63, 3.8) is 0 Å². The molecule has 26 heavy (non-hydrogen) atoms. The highest BCUT2D eigenvalue weighted by Gasteiger charge is 2.17. The minimum Gasteiger partial charge on any atom is -0.497 e. The zero-order chi connectivity index (χ0) is 18.6. The molecule has 0 saturated heterocycles. The number of terminal acetylenes is 1. The largest absolute Gasteiger partial charge is 0.497 e. The lowest BCUT2D eigenvalue weighted by molar-refractivity contribution is 0.0196. The fourth-order valence-electron chi connectivity index (χ4n) is 2.47. The van der Waals surface area contributed by atoms with Gasteiger partial charge in [-0.2, -0.15) is 0 Å². The third-order valence-electron chi connectivity index (χ3n) is 4.07. The number of hydrogen-bond donors (Lipinski definition) is 1. The Balaban J connectivity index is 1.65. The molecule has 1 N–H and O–H groups in total. The van der Waals surface area contributed by atoms with E-state index in [1.165, 1.54) is 0 Å². The fraction of sp³-hybridized carbons (Fsp3) is 0.364. The van der Waals surface area contributed by atoms with Crippen molar-refractivity contribution in [1.29, 1.82) is 0 Å². The zero-order valence-corrected chi connectivity index (χ0v) is 15.1. The highest BCUT2D eigenvalue weighted by molar-refractivity contribution is 5.26. The van der Waals surface area contributed by atoms with Gasteiger partial charge in [0, 0.05) is 6.61 Å². The maximum atomic E-state index is 10.3. The molecular weight excluding hydrogens is 328 g/mol. The van der Waals surface area contributed by atoms with Gasteiger partial charge in [0.15, 0.2) is 0 Å². The molecule has 138 valence electrons. The lowest BCUT2D eigenvalue weighted by atomic mass is 10.0. The first-order valence-corrected chi connectivity index (χ1v) is 8.69. The van der Waals surface area contributed by atoms with E-state index in [-0.39, 0.29) is 5.92 Å². The van der Waals surface area contributed by atoms with Gasteiger partial charge in [-0.1, -0.05) is 48.4 Å². The van der Waals surface area contributed by atoms with Crippen LogP contribution in [0.5, 0.6) is 5.75 Å². The first-order valence-electron chi connectivity index (χ1n) is 8.69. The van der Waals surface area contributed by atoms with Crippen molar-refractivity contribution in [3.05, 3.63) is 65.7 Å². The van der Waals surface area contributed by atoms with Crippen LogP contribution in [0.1, 0.15) is 17.5 Å². The van der Waals surface area contributed by atoms with E-state index in [0.29, 0.717) is 32.8 Å². The van der Waals surface area contributed by atoms with Crippen LogP contribution in [0.4, 0.5) is 0 Å². The summed E-state index contributed by atoms with van der Waals surface area (Å²) in [5.74, 6) is 3.07. The molecule has 2 aromatic rings. The van der Waals surface area contributed by atoms with Gasteiger partial charge < -0.3 is 19.3 Å². The Kier molecular flexibility index (Phi) is 8.71. The molecule has 0 saturated carbocycles. The average molecular weight is 354 g/mol. The van der Waals surface area contributed by atoms with E-state index in [9.17, 15) is 5.11 Å². The maximum Gasteiger partial charge on any atom is 0.118 e. The molecule has 2 atom stereocenters.